The third kappa shape index (κ3) is 16.5. The summed E-state index contributed by atoms with van der Waals surface area (Å²) in [6, 6.07) is 0.718. The van der Waals surface area contributed by atoms with Crippen LogP contribution in [0.1, 0.15) is 71.1 Å². The van der Waals surface area contributed by atoms with E-state index in [-0.39, 0.29) is 0 Å². The monoisotopic (exact) mass is 370 g/mol. The van der Waals surface area contributed by atoms with Crippen LogP contribution < -0.4 is 10.6 Å². The van der Waals surface area contributed by atoms with Crippen LogP contribution in [0.5, 0.6) is 0 Å². The third-order valence-corrected chi connectivity index (χ3v) is 4.70. The maximum Gasteiger partial charge on any atom is 0.0204 e. The molecule has 0 saturated carbocycles. The zero-order valence-corrected chi connectivity index (χ0v) is 17.5. The van der Waals surface area contributed by atoms with E-state index < -0.39 is 0 Å². The van der Waals surface area contributed by atoms with E-state index in [1.807, 2.05) is 0 Å². The fourth-order valence-corrected chi connectivity index (χ4v) is 3.07. The molecule has 0 spiro atoms. The minimum absolute atomic E-state index is 0.718. The Labute approximate surface area is 168 Å². The van der Waals surface area contributed by atoms with Crippen molar-refractivity contribution < 1.29 is 0 Å². The summed E-state index contributed by atoms with van der Waals surface area (Å²) in [6.07, 6.45) is 34.4. The molecule has 0 aromatic rings. The molecule has 2 N–H and O–H groups in total. The van der Waals surface area contributed by atoms with Crippen molar-refractivity contribution in [3.8, 4) is 0 Å². The molecule has 152 valence electrons. The Balaban J connectivity index is 1.83. The van der Waals surface area contributed by atoms with Gasteiger partial charge in [0.05, 0.1) is 0 Å². The fourth-order valence-electron chi connectivity index (χ4n) is 3.07. The molecule has 1 saturated heterocycles. The second-order valence-electron chi connectivity index (χ2n) is 7.20. The molecular formula is C25H42N2. The molecule has 1 atom stereocenters. The predicted molar refractivity (Wildman–Crippen MR) is 122 cm³/mol. The van der Waals surface area contributed by atoms with E-state index in [1.165, 1.54) is 45.2 Å². The van der Waals surface area contributed by atoms with Crippen molar-refractivity contribution in [2.75, 3.05) is 19.6 Å². The van der Waals surface area contributed by atoms with Gasteiger partial charge in [-0.15, -0.1) is 0 Å². The van der Waals surface area contributed by atoms with Gasteiger partial charge >= 0.3 is 0 Å². The molecule has 2 heteroatoms. The van der Waals surface area contributed by atoms with Crippen molar-refractivity contribution in [1.82, 2.24) is 10.6 Å². The molecule has 1 aliphatic heterocycles. The summed E-state index contributed by atoms with van der Waals surface area (Å²) in [5.41, 5.74) is 0. The zero-order valence-electron chi connectivity index (χ0n) is 17.5. The lowest BCUT2D eigenvalue weighted by Gasteiger charge is -2.10. The number of rotatable bonds is 16. The van der Waals surface area contributed by atoms with Crippen LogP contribution in [0.4, 0.5) is 0 Å². The fraction of sp³-hybridized carbons (Fsp3) is 0.600. The van der Waals surface area contributed by atoms with Gasteiger partial charge in [0, 0.05) is 12.6 Å². The van der Waals surface area contributed by atoms with Crippen LogP contribution in [0.2, 0.25) is 0 Å². The SMILES string of the molecule is CC/C=C\C/C=C\C/C=C\C/C=C\C/C=C\CCCCCNC1CCNC1. The second-order valence-corrected chi connectivity index (χ2v) is 7.20. The Morgan fingerprint density at radius 2 is 1.33 bits per heavy atom. The minimum Gasteiger partial charge on any atom is -0.315 e. The van der Waals surface area contributed by atoms with Gasteiger partial charge in [-0.25, -0.2) is 0 Å². The van der Waals surface area contributed by atoms with Crippen LogP contribution in [0, 0.1) is 0 Å². The number of allylic oxidation sites excluding steroid dienone is 10. The van der Waals surface area contributed by atoms with E-state index >= 15 is 0 Å². The summed E-state index contributed by atoms with van der Waals surface area (Å²) in [4.78, 5) is 0. The first-order valence-electron chi connectivity index (χ1n) is 11.1. The summed E-state index contributed by atoms with van der Waals surface area (Å²) in [6.45, 7) is 5.68. The van der Waals surface area contributed by atoms with Crippen molar-refractivity contribution >= 4 is 0 Å². The summed E-state index contributed by atoms with van der Waals surface area (Å²) in [5, 5.41) is 7.04. The molecule has 0 aromatic heterocycles. The van der Waals surface area contributed by atoms with Gasteiger partial charge in [-0.3, -0.25) is 0 Å². The lowest BCUT2D eigenvalue weighted by molar-refractivity contribution is 0.521. The molecule has 0 aliphatic carbocycles. The summed E-state index contributed by atoms with van der Waals surface area (Å²) in [5.74, 6) is 0. The van der Waals surface area contributed by atoms with Gasteiger partial charge in [0.2, 0.25) is 0 Å². The molecule has 0 amide bonds. The average Bonchev–Trinajstić information content (AvgIpc) is 3.20. The smallest absolute Gasteiger partial charge is 0.0204 e. The topological polar surface area (TPSA) is 24.1 Å². The van der Waals surface area contributed by atoms with Gasteiger partial charge in [0.15, 0.2) is 0 Å². The molecule has 0 radical (unpaired) electrons. The van der Waals surface area contributed by atoms with Gasteiger partial charge in [0.1, 0.15) is 0 Å². The van der Waals surface area contributed by atoms with Crippen LogP contribution in [0.3, 0.4) is 0 Å². The van der Waals surface area contributed by atoms with Gasteiger partial charge in [-0.2, -0.15) is 0 Å². The Bertz CT molecular complexity index is 451. The molecule has 1 rings (SSSR count). The molecule has 1 aliphatic rings. The van der Waals surface area contributed by atoms with Crippen molar-refractivity contribution in [2.24, 2.45) is 0 Å². The first kappa shape index (κ1) is 23.7. The summed E-state index contributed by atoms with van der Waals surface area (Å²) < 4.78 is 0. The van der Waals surface area contributed by atoms with Crippen molar-refractivity contribution in [1.29, 1.82) is 0 Å². The standard InChI is InChI=1S/C25H42N2/c1-2-3-4-5-6-7-8-9-10-11-12-13-14-15-16-17-18-19-20-22-27-25-21-23-26-24-25/h3-4,6-7,9-10,12-13,15-16,25-27H,2,5,8,11,14,17-24H2,1H3/b4-3-,7-6-,10-9-,13-12-,16-15-. The largest absolute Gasteiger partial charge is 0.315 e. The Morgan fingerprint density at radius 3 is 1.89 bits per heavy atom. The molecule has 1 heterocycles. The van der Waals surface area contributed by atoms with Gasteiger partial charge in [0.25, 0.3) is 0 Å². The highest BCUT2D eigenvalue weighted by Crippen LogP contribution is 2.03. The summed E-state index contributed by atoms with van der Waals surface area (Å²) in [7, 11) is 0. The zero-order chi connectivity index (χ0) is 19.3. The highest BCUT2D eigenvalue weighted by Gasteiger charge is 2.12. The highest BCUT2D eigenvalue weighted by molar-refractivity contribution is 5.00. The quantitative estimate of drug-likeness (QED) is 0.248. The first-order chi connectivity index (χ1) is 13.4. The first-order valence-corrected chi connectivity index (χ1v) is 11.1. The van der Waals surface area contributed by atoms with Gasteiger partial charge in [-0.05, 0) is 70.9 Å². The van der Waals surface area contributed by atoms with E-state index in [1.54, 1.807) is 0 Å². The van der Waals surface area contributed by atoms with Crippen molar-refractivity contribution in [3.63, 3.8) is 0 Å². The number of hydrogen-bond acceptors (Lipinski definition) is 2. The van der Waals surface area contributed by atoms with E-state index in [2.05, 4.69) is 78.3 Å². The van der Waals surface area contributed by atoms with Crippen LogP contribution >= 0.6 is 0 Å². The van der Waals surface area contributed by atoms with Crippen LogP contribution in [-0.4, -0.2) is 25.7 Å². The average molecular weight is 371 g/mol. The normalized spacial score (nSPS) is 18.5. The van der Waals surface area contributed by atoms with Crippen molar-refractivity contribution in [2.45, 2.75) is 77.2 Å². The second kappa shape index (κ2) is 19.4. The van der Waals surface area contributed by atoms with Crippen LogP contribution in [-0.2, 0) is 0 Å². The lowest BCUT2D eigenvalue weighted by atomic mass is 10.1. The number of unbranched alkanes of at least 4 members (excludes halogenated alkanes) is 3. The lowest BCUT2D eigenvalue weighted by Crippen LogP contribution is -2.31. The number of hydrogen-bond donors (Lipinski definition) is 2. The van der Waals surface area contributed by atoms with Gasteiger partial charge < -0.3 is 10.6 Å². The molecule has 1 fully saturated rings. The maximum atomic E-state index is 3.64. The Hall–Kier alpha value is -1.38. The van der Waals surface area contributed by atoms with Crippen LogP contribution in [0.25, 0.3) is 0 Å². The Kier molecular flexibility index (Phi) is 17.0. The van der Waals surface area contributed by atoms with E-state index in [0.29, 0.717) is 0 Å². The minimum atomic E-state index is 0.718. The van der Waals surface area contributed by atoms with Crippen LogP contribution in [0.15, 0.2) is 60.8 Å². The van der Waals surface area contributed by atoms with E-state index in [9.17, 15) is 0 Å². The van der Waals surface area contributed by atoms with E-state index in [4.69, 9.17) is 0 Å². The maximum absolute atomic E-state index is 3.64. The third-order valence-electron chi connectivity index (χ3n) is 4.70. The molecule has 27 heavy (non-hydrogen) atoms. The molecular weight excluding hydrogens is 328 g/mol. The predicted octanol–water partition coefficient (Wildman–Crippen LogP) is 6.25. The number of nitrogens with one attached hydrogen (secondary N) is 2. The Morgan fingerprint density at radius 1 is 0.741 bits per heavy atom. The van der Waals surface area contributed by atoms with Crippen molar-refractivity contribution in [3.05, 3.63) is 60.8 Å². The van der Waals surface area contributed by atoms with Gasteiger partial charge in [-0.1, -0.05) is 74.1 Å². The molecule has 0 aromatic carbocycles. The molecule has 2 nitrogen and oxygen atoms in total. The summed E-state index contributed by atoms with van der Waals surface area (Å²) >= 11 is 0. The van der Waals surface area contributed by atoms with E-state index in [0.717, 1.165) is 44.7 Å². The molecule has 0 bridgehead atoms. The highest BCUT2D eigenvalue weighted by atomic mass is 15.0. The molecule has 1 unspecified atom stereocenters.